The van der Waals surface area contributed by atoms with Crippen molar-refractivity contribution in [2.24, 2.45) is 5.73 Å². The lowest BCUT2D eigenvalue weighted by Crippen LogP contribution is -2.14. The van der Waals surface area contributed by atoms with Crippen LogP contribution < -0.4 is 15.8 Å². The number of benzene rings is 2. The molecule has 9 heteroatoms. The third-order valence-corrected chi connectivity index (χ3v) is 3.94. The van der Waals surface area contributed by atoms with Crippen molar-refractivity contribution in [3.05, 3.63) is 65.5 Å². The molecule has 1 heterocycles. The number of rotatable bonds is 7. The van der Waals surface area contributed by atoms with Gasteiger partial charge in [-0.3, -0.25) is 9.59 Å². The number of hydrogen-bond acceptors (Lipinski definition) is 6. The highest BCUT2D eigenvalue weighted by Gasteiger charge is 2.11. The smallest absolute Gasteiger partial charge is 0.255 e. The first-order valence-electron chi connectivity index (χ1n) is 8.65. The van der Waals surface area contributed by atoms with Gasteiger partial charge in [-0.1, -0.05) is 6.07 Å². The Kier molecular flexibility index (Phi) is 5.64. The third-order valence-electron chi connectivity index (χ3n) is 3.94. The fourth-order valence-electron chi connectivity index (χ4n) is 2.51. The maximum Gasteiger partial charge on any atom is 0.255 e. The van der Waals surface area contributed by atoms with Crippen molar-refractivity contribution in [3.63, 3.8) is 0 Å². The monoisotopic (exact) mass is 380 g/mol. The van der Waals surface area contributed by atoms with Crippen LogP contribution in [0.25, 0.3) is 0 Å². The van der Waals surface area contributed by atoms with Gasteiger partial charge in [0.05, 0.1) is 6.04 Å². The van der Waals surface area contributed by atoms with E-state index in [0.717, 1.165) is 0 Å². The van der Waals surface area contributed by atoms with Crippen LogP contribution in [0.1, 0.15) is 46.4 Å². The molecule has 3 rings (SSSR count). The Hall–Kier alpha value is -3.75. The topological polar surface area (TPSA) is 125 Å². The minimum absolute atomic E-state index is 0.132. The number of nitrogens with two attached hydrogens (primary N) is 1. The average molecular weight is 380 g/mol. The Balaban J connectivity index is 1.62. The highest BCUT2D eigenvalue weighted by Crippen LogP contribution is 2.16. The quantitative estimate of drug-likeness (QED) is 0.647. The standard InChI is InChI=1S/C19H20N6O3/c1-12(2)25-17(22-23-24-25)11-28-16-8-6-13(7-9-16)19(27)21-15-5-3-4-14(10-15)18(20)26/h3-10,12H,11H2,1-2H3,(H2,20,26)(H,21,27). The van der Waals surface area contributed by atoms with Crippen molar-refractivity contribution in [2.75, 3.05) is 5.32 Å². The number of carbonyl (C=O) groups is 2. The van der Waals surface area contributed by atoms with Gasteiger partial charge in [-0.2, -0.15) is 0 Å². The zero-order chi connectivity index (χ0) is 20.1. The number of ether oxygens (including phenoxy) is 1. The van der Waals surface area contributed by atoms with Gasteiger partial charge in [0.1, 0.15) is 12.4 Å². The largest absolute Gasteiger partial charge is 0.486 e. The predicted molar refractivity (Wildman–Crippen MR) is 102 cm³/mol. The van der Waals surface area contributed by atoms with Crippen LogP contribution in [-0.4, -0.2) is 32.0 Å². The van der Waals surface area contributed by atoms with E-state index in [0.29, 0.717) is 28.4 Å². The van der Waals surface area contributed by atoms with E-state index in [4.69, 9.17) is 10.5 Å². The van der Waals surface area contributed by atoms with Gasteiger partial charge in [0, 0.05) is 16.8 Å². The zero-order valence-electron chi connectivity index (χ0n) is 15.5. The minimum atomic E-state index is -0.555. The summed E-state index contributed by atoms with van der Waals surface area (Å²) in [6.07, 6.45) is 0. The van der Waals surface area contributed by atoms with Gasteiger partial charge in [-0.25, -0.2) is 4.68 Å². The summed E-state index contributed by atoms with van der Waals surface area (Å²) in [6, 6.07) is 13.3. The van der Waals surface area contributed by atoms with Crippen LogP contribution in [0.15, 0.2) is 48.5 Å². The van der Waals surface area contributed by atoms with Crippen molar-refractivity contribution in [1.29, 1.82) is 0 Å². The molecule has 3 aromatic rings. The first kappa shape index (κ1) is 19.0. The number of primary amides is 1. The molecule has 2 aromatic carbocycles. The summed E-state index contributed by atoms with van der Waals surface area (Å²) in [6.45, 7) is 4.18. The second-order valence-corrected chi connectivity index (χ2v) is 6.35. The maximum absolute atomic E-state index is 12.4. The van der Waals surface area contributed by atoms with E-state index >= 15 is 0 Å². The Morgan fingerprint density at radius 1 is 1.14 bits per heavy atom. The Labute approximate surface area is 161 Å². The van der Waals surface area contributed by atoms with Gasteiger partial charge >= 0.3 is 0 Å². The lowest BCUT2D eigenvalue weighted by molar-refractivity contribution is 0.0996. The molecule has 2 amide bonds. The molecule has 0 saturated carbocycles. The molecular formula is C19H20N6O3. The molecule has 0 aliphatic carbocycles. The Morgan fingerprint density at radius 2 is 1.89 bits per heavy atom. The molecule has 0 saturated heterocycles. The third kappa shape index (κ3) is 4.50. The molecular weight excluding hydrogens is 360 g/mol. The summed E-state index contributed by atoms with van der Waals surface area (Å²) < 4.78 is 7.37. The summed E-state index contributed by atoms with van der Waals surface area (Å²) in [5.41, 5.74) is 6.51. The highest BCUT2D eigenvalue weighted by atomic mass is 16.5. The Bertz CT molecular complexity index is 981. The molecule has 0 aliphatic rings. The second-order valence-electron chi connectivity index (χ2n) is 6.35. The van der Waals surface area contributed by atoms with Crippen LogP contribution in [0.5, 0.6) is 5.75 Å². The summed E-state index contributed by atoms with van der Waals surface area (Å²) in [5.74, 6) is 0.342. The van der Waals surface area contributed by atoms with Gasteiger partial charge in [0.25, 0.3) is 5.91 Å². The van der Waals surface area contributed by atoms with Crippen LogP contribution in [0.2, 0.25) is 0 Å². The minimum Gasteiger partial charge on any atom is -0.486 e. The van der Waals surface area contributed by atoms with E-state index in [1.807, 2.05) is 13.8 Å². The molecule has 0 bridgehead atoms. The molecule has 0 fully saturated rings. The molecule has 0 atom stereocenters. The van der Waals surface area contributed by atoms with E-state index < -0.39 is 5.91 Å². The van der Waals surface area contributed by atoms with Gasteiger partial charge in [0.2, 0.25) is 5.91 Å². The van der Waals surface area contributed by atoms with Crippen LogP contribution in [0.3, 0.4) is 0 Å². The van der Waals surface area contributed by atoms with Crippen LogP contribution in [-0.2, 0) is 6.61 Å². The average Bonchev–Trinajstić information content (AvgIpc) is 3.16. The number of tetrazole rings is 1. The van der Waals surface area contributed by atoms with Crippen molar-refractivity contribution >= 4 is 17.5 Å². The molecule has 0 radical (unpaired) electrons. The predicted octanol–water partition coefficient (Wildman–Crippen LogP) is 2.18. The fourth-order valence-corrected chi connectivity index (χ4v) is 2.51. The zero-order valence-corrected chi connectivity index (χ0v) is 15.5. The molecule has 9 nitrogen and oxygen atoms in total. The molecule has 1 aromatic heterocycles. The van der Waals surface area contributed by atoms with Crippen molar-refractivity contribution < 1.29 is 14.3 Å². The van der Waals surface area contributed by atoms with Crippen molar-refractivity contribution in [3.8, 4) is 5.75 Å². The summed E-state index contributed by atoms with van der Waals surface area (Å²) >= 11 is 0. The van der Waals surface area contributed by atoms with Crippen LogP contribution >= 0.6 is 0 Å². The van der Waals surface area contributed by atoms with E-state index in [1.165, 1.54) is 6.07 Å². The number of hydrogen-bond donors (Lipinski definition) is 2. The number of nitrogens with one attached hydrogen (secondary N) is 1. The number of carbonyl (C=O) groups excluding carboxylic acids is 2. The molecule has 0 unspecified atom stereocenters. The molecule has 3 N–H and O–H groups in total. The number of nitrogens with zero attached hydrogens (tertiary/aromatic N) is 4. The first-order chi connectivity index (χ1) is 13.4. The summed E-state index contributed by atoms with van der Waals surface area (Å²) in [4.78, 5) is 23.6. The molecule has 28 heavy (non-hydrogen) atoms. The van der Waals surface area contributed by atoms with Gasteiger partial charge in [-0.05, 0) is 66.7 Å². The normalized spacial score (nSPS) is 10.7. The lowest BCUT2D eigenvalue weighted by Gasteiger charge is -2.10. The van der Waals surface area contributed by atoms with Crippen LogP contribution in [0.4, 0.5) is 5.69 Å². The number of anilines is 1. The fraction of sp³-hybridized carbons (Fsp3) is 0.211. The highest BCUT2D eigenvalue weighted by molar-refractivity contribution is 6.05. The van der Waals surface area contributed by atoms with Gasteiger partial charge < -0.3 is 15.8 Å². The van der Waals surface area contributed by atoms with Gasteiger partial charge in [-0.15, -0.1) is 5.10 Å². The van der Waals surface area contributed by atoms with Crippen molar-refractivity contribution in [1.82, 2.24) is 20.2 Å². The van der Waals surface area contributed by atoms with E-state index in [1.54, 1.807) is 47.1 Å². The maximum atomic E-state index is 12.4. The van der Waals surface area contributed by atoms with Crippen LogP contribution in [0, 0.1) is 0 Å². The summed E-state index contributed by atoms with van der Waals surface area (Å²) in [7, 11) is 0. The van der Waals surface area contributed by atoms with E-state index in [2.05, 4.69) is 20.8 Å². The van der Waals surface area contributed by atoms with Gasteiger partial charge in [0.15, 0.2) is 5.82 Å². The van der Waals surface area contributed by atoms with Crippen molar-refractivity contribution in [2.45, 2.75) is 26.5 Å². The number of aromatic nitrogens is 4. The lowest BCUT2D eigenvalue weighted by atomic mass is 10.1. The Morgan fingerprint density at radius 3 is 2.57 bits per heavy atom. The first-order valence-corrected chi connectivity index (χ1v) is 8.65. The second kappa shape index (κ2) is 8.30. The number of amides is 2. The van der Waals surface area contributed by atoms with E-state index in [-0.39, 0.29) is 18.6 Å². The molecule has 0 aliphatic heterocycles. The SMILES string of the molecule is CC(C)n1nnnc1COc1ccc(C(=O)Nc2cccc(C(N)=O)c2)cc1. The molecule has 144 valence electrons. The molecule has 0 spiro atoms. The van der Waals surface area contributed by atoms with E-state index in [9.17, 15) is 9.59 Å². The summed E-state index contributed by atoms with van der Waals surface area (Å²) in [5, 5.41) is 14.2.